The van der Waals surface area contributed by atoms with E-state index in [1.807, 2.05) is 0 Å². The molecule has 1 heteroatoms. The van der Waals surface area contributed by atoms with Gasteiger partial charge in [0, 0.05) is 5.88 Å². The molecule has 3 atom stereocenters. The second-order valence-corrected chi connectivity index (χ2v) is 5.64. The van der Waals surface area contributed by atoms with E-state index < -0.39 is 0 Å². The zero-order chi connectivity index (χ0) is 12.3. The van der Waals surface area contributed by atoms with Gasteiger partial charge in [0.05, 0.1) is 0 Å². The predicted octanol–water partition coefficient (Wildman–Crippen LogP) is 4.97. The monoisotopic (exact) mass is 238 g/mol. The second kappa shape index (κ2) is 5.23. The molecule has 0 saturated heterocycles. The second-order valence-electron chi connectivity index (χ2n) is 5.37. The number of rotatable bonds is 4. The molecular weight excluding hydrogens is 216 g/mol. The first-order valence-corrected chi connectivity index (χ1v) is 6.50. The van der Waals surface area contributed by atoms with Gasteiger partial charge in [-0.05, 0) is 43.4 Å². The van der Waals surface area contributed by atoms with E-state index >= 15 is 0 Å². The molecule has 90 valence electrons. The van der Waals surface area contributed by atoms with Gasteiger partial charge in [-0.1, -0.05) is 37.3 Å². The number of hydrogen-bond donors (Lipinski definition) is 0. The molecular formula is C15H23Cl. The van der Waals surface area contributed by atoms with Crippen molar-refractivity contribution < 1.29 is 0 Å². The van der Waals surface area contributed by atoms with Gasteiger partial charge in [-0.15, -0.1) is 18.2 Å². The molecule has 0 amide bonds. The van der Waals surface area contributed by atoms with Crippen LogP contribution in [0.15, 0.2) is 37.0 Å². The maximum Gasteiger partial charge on any atom is 0.0433 e. The van der Waals surface area contributed by atoms with Gasteiger partial charge in [-0.2, -0.15) is 0 Å². The molecule has 1 fully saturated rings. The van der Waals surface area contributed by atoms with Crippen molar-refractivity contribution in [2.24, 2.45) is 17.3 Å². The Morgan fingerprint density at radius 2 is 2.12 bits per heavy atom. The van der Waals surface area contributed by atoms with E-state index in [9.17, 15) is 0 Å². The molecule has 0 bridgehead atoms. The van der Waals surface area contributed by atoms with Crippen LogP contribution in [0.5, 0.6) is 0 Å². The van der Waals surface area contributed by atoms with Crippen LogP contribution in [0.3, 0.4) is 0 Å². The van der Waals surface area contributed by atoms with Crippen molar-refractivity contribution in [3.05, 3.63) is 37.0 Å². The lowest BCUT2D eigenvalue weighted by atomic mass is 9.61. The lowest BCUT2D eigenvalue weighted by Crippen LogP contribution is -2.34. The van der Waals surface area contributed by atoms with Gasteiger partial charge in [-0.3, -0.25) is 0 Å². The smallest absolute Gasteiger partial charge is 0.0433 e. The van der Waals surface area contributed by atoms with Crippen LogP contribution in [-0.2, 0) is 0 Å². The summed E-state index contributed by atoms with van der Waals surface area (Å²) in [5.41, 5.74) is 2.60. The Morgan fingerprint density at radius 1 is 1.50 bits per heavy atom. The number of halogens is 1. The van der Waals surface area contributed by atoms with Crippen molar-refractivity contribution in [3.8, 4) is 0 Å². The number of alkyl halides is 1. The van der Waals surface area contributed by atoms with Crippen molar-refractivity contribution in [3.63, 3.8) is 0 Å². The maximum absolute atomic E-state index is 5.94. The number of allylic oxidation sites excluding steroid dienone is 3. The van der Waals surface area contributed by atoms with Gasteiger partial charge in [0.15, 0.2) is 0 Å². The Labute approximate surface area is 105 Å². The highest BCUT2D eigenvalue weighted by Gasteiger charge is 2.38. The van der Waals surface area contributed by atoms with E-state index in [-0.39, 0.29) is 5.41 Å². The molecule has 0 aromatic heterocycles. The van der Waals surface area contributed by atoms with Gasteiger partial charge in [0.2, 0.25) is 0 Å². The third kappa shape index (κ3) is 2.60. The summed E-state index contributed by atoms with van der Waals surface area (Å²) in [6, 6.07) is 0. The fourth-order valence-corrected chi connectivity index (χ4v) is 2.94. The summed E-state index contributed by atoms with van der Waals surface area (Å²) in [5.74, 6) is 1.63. The summed E-state index contributed by atoms with van der Waals surface area (Å²) in [5, 5.41) is 0. The molecule has 0 heterocycles. The first-order chi connectivity index (χ1) is 7.44. The SMILES string of the molecule is C=C[C@]1(C)CC[C@H](C(=C)C)C[C@H]1C(=C)CCl. The fourth-order valence-electron chi connectivity index (χ4n) is 2.75. The normalized spacial score (nSPS) is 34.4. The summed E-state index contributed by atoms with van der Waals surface area (Å²) in [6.07, 6.45) is 5.59. The molecule has 0 N–H and O–H groups in total. The molecule has 0 aromatic rings. The van der Waals surface area contributed by atoms with Crippen LogP contribution < -0.4 is 0 Å². The molecule has 1 saturated carbocycles. The zero-order valence-electron chi connectivity index (χ0n) is 10.6. The van der Waals surface area contributed by atoms with Gasteiger partial charge in [0.25, 0.3) is 0 Å². The summed E-state index contributed by atoms with van der Waals surface area (Å²) >= 11 is 5.94. The van der Waals surface area contributed by atoms with Crippen molar-refractivity contribution in [2.45, 2.75) is 33.1 Å². The van der Waals surface area contributed by atoms with Gasteiger partial charge < -0.3 is 0 Å². The summed E-state index contributed by atoms with van der Waals surface area (Å²) < 4.78 is 0. The zero-order valence-corrected chi connectivity index (χ0v) is 11.3. The Bertz CT molecular complexity index is 303. The Balaban J connectivity index is 2.90. The molecule has 0 aromatic carbocycles. The lowest BCUT2D eigenvalue weighted by Gasteiger charge is -2.43. The highest BCUT2D eigenvalue weighted by molar-refractivity contribution is 6.19. The maximum atomic E-state index is 5.94. The first-order valence-electron chi connectivity index (χ1n) is 5.97. The molecule has 0 spiro atoms. The molecule has 0 unspecified atom stereocenters. The van der Waals surface area contributed by atoms with Crippen LogP contribution in [0.25, 0.3) is 0 Å². The minimum absolute atomic E-state index is 0.165. The summed E-state index contributed by atoms with van der Waals surface area (Å²) in [6.45, 7) is 16.6. The summed E-state index contributed by atoms with van der Waals surface area (Å²) in [4.78, 5) is 0. The van der Waals surface area contributed by atoms with E-state index in [0.29, 0.717) is 17.7 Å². The molecule has 1 aliphatic rings. The molecule has 0 aliphatic heterocycles. The first kappa shape index (κ1) is 13.6. The molecule has 1 aliphatic carbocycles. The quantitative estimate of drug-likeness (QED) is 0.479. The molecule has 1 rings (SSSR count). The van der Waals surface area contributed by atoms with Gasteiger partial charge in [-0.25, -0.2) is 0 Å². The van der Waals surface area contributed by atoms with Crippen LogP contribution in [-0.4, -0.2) is 5.88 Å². The highest BCUT2D eigenvalue weighted by Crippen LogP contribution is 2.48. The fraction of sp³-hybridized carbons (Fsp3) is 0.600. The van der Waals surface area contributed by atoms with Crippen molar-refractivity contribution in [2.75, 3.05) is 5.88 Å². The Kier molecular flexibility index (Phi) is 4.43. The van der Waals surface area contributed by atoms with Crippen LogP contribution in [0.2, 0.25) is 0 Å². The van der Waals surface area contributed by atoms with Crippen LogP contribution in [0.4, 0.5) is 0 Å². The van der Waals surface area contributed by atoms with E-state index in [1.165, 1.54) is 12.0 Å². The Hall–Kier alpha value is -0.490. The van der Waals surface area contributed by atoms with E-state index in [4.69, 9.17) is 11.6 Å². The average Bonchev–Trinajstić information content (AvgIpc) is 2.28. The van der Waals surface area contributed by atoms with Crippen LogP contribution in [0, 0.1) is 17.3 Å². The largest absolute Gasteiger partial charge is 0.122 e. The van der Waals surface area contributed by atoms with Crippen molar-refractivity contribution in [1.82, 2.24) is 0 Å². The Morgan fingerprint density at radius 3 is 2.56 bits per heavy atom. The summed E-state index contributed by atoms with van der Waals surface area (Å²) in [7, 11) is 0. The lowest BCUT2D eigenvalue weighted by molar-refractivity contribution is 0.170. The van der Waals surface area contributed by atoms with Gasteiger partial charge in [0.1, 0.15) is 0 Å². The molecule has 0 radical (unpaired) electrons. The standard InChI is InChI=1S/C15H23Cl/c1-6-15(5)8-7-13(11(2)3)9-14(15)12(4)10-16/h6,13-14H,1-2,4,7-10H2,3,5H3/t13-,14-,15+/m0/s1. The van der Waals surface area contributed by atoms with E-state index in [0.717, 1.165) is 18.4 Å². The van der Waals surface area contributed by atoms with E-state index in [2.05, 4.69) is 39.7 Å². The van der Waals surface area contributed by atoms with Crippen LogP contribution >= 0.6 is 11.6 Å². The predicted molar refractivity (Wildman–Crippen MR) is 73.8 cm³/mol. The van der Waals surface area contributed by atoms with Crippen molar-refractivity contribution >= 4 is 11.6 Å². The van der Waals surface area contributed by atoms with Crippen LogP contribution in [0.1, 0.15) is 33.1 Å². The van der Waals surface area contributed by atoms with E-state index in [1.54, 1.807) is 0 Å². The minimum Gasteiger partial charge on any atom is -0.122 e. The van der Waals surface area contributed by atoms with Crippen molar-refractivity contribution in [1.29, 1.82) is 0 Å². The third-order valence-corrected chi connectivity index (χ3v) is 4.52. The molecule has 16 heavy (non-hydrogen) atoms. The topological polar surface area (TPSA) is 0 Å². The number of hydrogen-bond acceptors (Lipinski definition) is 0. The minimum atomic E-state index is 0.165. The van der Waals surface area contributed by atoms with Gasteiger partial charge >= 0.3 is 0 Å². The third-order valence-electron chi connectivity index (χ3n) is 4.18. The highest BCUT2D eigenvalue weighted by atomic mass is 35.5. The average molecular weight is 239 g/mol. The molecule has 0 nitrogen and oxygen atoms in total.